The van der Waals surface area contributed by atoms with E-state index in [9.17, 15) is 8.78 Å². The van der Waals surface area contributed by atoms with Crippen molar-refractivity contribution in [3.63, 3.8) is 0 Å². The van der Waals surface area contributed by atoms with Gasteiger partial charge in [0.05, 0.1) is 6.10 Å². The minimum atomic E-state index is -2.77. The normalized spacial score (nSPS) is 22.9. The van der Waals surface area contributed by atoms with Crippen molar-refractivity contribution in [2.45, 2.75) is 38.1 Å². The van der Waals surface area contributed by atoms with E-state index in [1.165, 1.54) is 0 Å². The molecule has 100 valence electrons. The lowest BCUT2D eigenvalue weighted by atomic mass is 9.89. The minimum Gasteiger partial charge on any atom is -0.435 e. The highest BCUT2D eigenvalue weighted by Gasteiger charge is 2.28. The van der Waals surface area contributed by atoms with Crippen molar-refractivity contribution < 1.29 is 18.3 Å². The predicted molar refractivity (Wildman–Crippen MR) is 63.7 cm³/mol. The van der Waals surface area contributed by atoms with Crippen molar-refractivity contribution in [1.82, 2.24) is 5.32 Å². The molecule has 1 N–H and O–H groups in total. The van der Waals surface area contributed by atoms with Gasteiger partial charge in [0.2, 0.25) is 0 Å². The molecule has 2 rings (SSSR count). The van der Waals surface area contributed by atoms with Crippen molar-refractivity contribution in [3.8, 4) is 5.75 Å². The fourth-order valence-corrected chi connectivity index (χ4v) is 1.98. The molecule has 0 aromatic heterocycles. The van der Waals surface area contributed by atoms with Gasteiger partial charge in [0, 0.05) is 19.7 Å². The highest BCUT2D eigenvalue weighted by Crippen LogP contribution is 2.23. The van der Waals surface area contributed by atoms with Gasteiger partial charge >= 0.3 is 6.61 Å². The molecule has 0 aliphatic heterocycles. The third-order valence-corrected chi connectivity index (χ3v) is 3.17. The van der Waals surface area contributed by atoms with Gasteiger partial charge in [0.15, 0.2) is 0 Å². The van der Waals surface area contributed by atoms with E-state index in [-0.39, 0.29) is 5.75 Å². The van der Waals surface area contributed by atoms with Crippen molar-refractivity contribution in [1.29, 1.82) is 0 Å². The lowest BCUT2D eigenvalue weighted by Gasteiger charge is -2.34. The van der Waals surface area contributed by atoms with Gasteiger partial charge in [0.1, 0.15) is 5.75 Å². The Labute approximate surface area is 105 Å². The maximum Gasteiger partial charge on any atom is 0.387 e. The van der Waals surface area contributed by atoms with Gasteiger partial charge < -0.3 is 14.8 Å². The van der Waals surface area contributed by atoms with Crippen LogP contribution in [0.5, 0.6) is 5.75 Å². The first kappa shape index (κ1) is 13.2. The first-order chi connectivity index (χ1) is 8.67. The summed E-state index contributed by atoms with van der Waals surface area (Å²) in [6.45, 7) is -2.04. The van der Waals surface area contributed by atoms with Gasteiger partial charge in [-0.05, 0) is 30.5 Å². The summed E-state index contributed by atoms with van der Waals surface area (Å²) >= 11 is 0. The third-order valence-electron chi connectivity index (χ3n) is 3.17. The van der Waals surface area contributed by atoms with E-state index in [1.807, 2.05) is 0 Å². The summed E-state index contributed by atoms with van der Waals surface area (Å²) in [7, 11) is 1.72. The minimum absolute atomic E-state index is 0.192. The van der Waals surface area contributed by atoms with Gasteiger partial charge in [-0.3, -0.25) is 0 Å². The molecule has 3 nitrogen and oxygen atoms in total. The number of methoxy groups -OCH3 is 1. The van der Waals surface area contributed by atoms with Gasteiger partial charge in [0.25, 0.3) is 0 Å². The maximum absolute atomic E-state index is 12.0. The average molecular weight is 257 g/mol. The maximum atomic E-state index is 12.0. The molecule has 1 aromatic carbocycles. The van der Waals surface area contributed by atoms with E-state index in [0.29, 0.717) is 12.1 Å². The largest absolute Gasteiger partial charge is 0.435 e. The molecule has 1 saturated carbocycles. The Morgan fingerprint density at radius 2 is 1.94 bits per heavy atom. The second kappa shape index (κ2) is 6.11. The van der Waals surface area contributed by atoms with Crippen LogP contribution < -0.4 is 10.1 Å². The lowest BCUT2D eigenvalue weighted by Crippen LogP contribution is -2.44. The monoisotopic (exact) mass is 257 g/mol. The Bertz CT molecular complexity index is 364. The molecule has 0 heterocycles. The molecule has 0 bridgehead atoms. The zero-order chi connectivity index (χ0) is 13.0. The van der Waals surface area contributed by atoms with Crippen LogP contribution in [0.3, 0.4) is 0 Å². The molecule has 1 aliphatic carbocycles. The molecule has 0 saturated heterocycles. The van der Waals surface area contributed by atoms with E-state index in [4.69, 9.17) is 4.74 Å². The molecule has 1 aromatic rings. The van der Waals surface area contributed by atoms with E-state index in [2.05, 4.69) is 10.1 Å². The summed E-state index contributed by atoms with van der Waals surface area (Å²) in [5.41, 5.74) is 1.05. The molecular formula is C13H17F2NO2. The molecular weight excluding hydrogens is 240 g/mol. The second-order valence-electron chi connectivity index (χ2n) is 4.43. The highest BCUT2D eigenvalue weighted by atomic mass is 19.3. The smallest absolute Gasteiger partial charge is 0.387 e. The number of benzene rings is 1. The average Bonchev–Trinajstić information content (AvgIpc) is 2.29. The van der Waals surface area contributed by atoms with Crippen molar-refractivity contribution in [2.75, 3.05) is 7.11 Å². The van der Waals surface area contributed by atoms with E-state index >= 15 is 0 Å². The number of nitrogens with one attached hydrogen (secondary N) is 1. The predicted octanol–water partition coefficient (Wildman–Crippen LogP) is 2.56. The summed E-state index contributed by atoms with van der Waals surface area (Å²) < 4.78 is 33.4. The number of rotatable bonds is 6. The molecule has 0 spiro atoms. The van der Waals surface area contributed by atoms with Crippen molar-refractivity contribution in [2.24, 2.45) is 0 Å². The summed E-state index contributed by atoms with van der Waals surface area (Å²) in [5.74, 6) is 0.192. The lowest BCUT2D eigenvalue weighted by molar-refractivity contribution is -0.0498. The zero-order valence-corrected chi connectivity index (χ0v) is 10.2. The summed E-state index contributed by atoms with van der Waals surface area (Å²) in [6, 6.07) is 7.19. The molecule has 0 atom stereocenters. The van der Waals surface area contributed by atoms with Crippen molar-refractivity contribution in [3.05, 3.63) is 29.8 Å². The molecule has 18 heavy (non-hydrogen) atoms. The van der Waals surface area contributed by atoms with Crippen LogP contribution in [0.4, 0.5) is 8.78 Å². The zero-order valence-electron chi connectivity index (χ0n) is 10.2. The number of hydrogen-bond donors (Lipinski definition) is 1. The molecule has 5 heteroatoms. The number of ether oxygens (including phenoxy) is 2. The van der Waals surface area contributed by atoms with Crippen LogP contribution >= 0.6 is 0 Å². The Kier molecular flexibility index (Phi) is 4.49. The van der Waals surface area contributed by atoms with Crippen LogP contribution in [-0.4, -0.2) is 25.9 Å². The Morgan fingerprint density at radius 3 is 2.50 bits per heavy atom. The Hall–Kier alpha value is -1.20. The van der Waals surface area contributed by atoms with Crippen LogP contribution in [-0.2, 0) is 11.3 Å². The third kappa shape index (κ3) is 3.65. The van der Waals surface area contributed by atoms with Crippen LogP contribution in [0.15, 0.2) is 24.3 Å². The Balaban J connectivity index is 1.73. The molecule has 1 aliphatic rings. The highest BCUT2D eigenvalue weighted by molar-refractivity contribution is 5.27. The van der Waals surface area contributed by atoms with Gasteiger partial charge in [-0.25, -0.2) is 0 Å². The topological polar surface area (TPSA) is 30.5 Å². The standard InChI is InChI=1S/C13H17F2NO2/c1-17-12-6-10(7-12)16-8-9-2-4-11(5-3-9)18-13(14)15/h2-5,10,12-13,16H,6-8H2,1H3. The van der Waals surface area contributed by atoms with Crippen LogP contribution in [0, 0.1) is 0 Å². The first-order valence-electron chi connectivity index (χ1n) is 5.97. The Morgan fingerprint density at radius 1 is 1.28 bits per heavy atom. The quantitative estimate of drug-likeness (QED) is 0.849. The van der Waals surface area contributed by atoms with Gasteiger partial charge in [-0.2, -0.15) is 8.78 Å². The van der Waals surface area contributed by atoms with Crippen molar-refractivity contribution >= 4 is 0 Å². The first-order valence-corrected chi connectivity index (χ1v) is 5.97. The molecule has 0 radical (unpaired) electrons. The van der Waals surface area contributed by atoms with Gasteiger partial charge in [-0.15, -0.1) is 0 Å². The molecule has 0 amide bonds. The SMILES string of the molecule is COC1CC(NCc2ccc(OC(F)F)cc2)C1. The van der Waals surface area contributed by atoms with E-state index in [0.717, 1.165) is 24.9 Å². The molecule has 1 fully saturated rings. The fourth-order valence-electron chi connectivity index (χ4n) is 1.98. The van der Waals surface area contributed by atoms with E-state index in [1.54, 1.807) is 31.4 Å². The number of halogens is 2. The van der Waals surface area contributed by atoms with Gasteiger partial charge in [-0.1, -0.05) is 12.1 Å². The van der Waals surface area contributed by atoms with Crippen LogP contribution in [0.2, 0.25) is 0 Å². The second-order valence-corrected chi connectivity index (χ2v) is 4.43. The number of hydrogen-bond acceptors (Lipinski definition) is 3. The number of alkyl halides is 2. The van der Waals surface area contributed by atoms with Crippen LogP contribution in [0.25, 0.3) is 0 Å². The fraction of sp³-hybridized carbons (Fsp3) is 0.538. The van der Waals surface area contributed by atoms with E-state index < -0.39 is 6.61 Å². The summed E-state index contributed by atoms with van der Waals surface area (Å²) in [4.78, 5) is 0. The van der Waals surface area contributed by atoms with Crippen LogP contribution in [0.1, 0.15) is 18.4 Å². The summed E-state index contributed by atoms with van der Waals surface area (Å²) in [5, 5.41) is 3.39. The molecule has 0 unspecified atom stereocenters. The summed E-state index contributed by atoms with van der Waals surface area (Å²) in [6.07, 6.45) is 2.44.